The molecule has 0 aliphatic rings. The number of anilines is 3. The summed E-state index contributed by atoms with van der Waals surface area (Å²) in [7, 11) is 0. The standard InChI is InChI=1S/C21H26N6O2/c1-21(2,3)16-5-7-17(8-6-16)24-20-18(27(28)29)9-10-19(25-20)23-11-4-13-26-14-12-22-15-26/h5-10,12,14-15H,4,11,13H2,1-3H3,(H2,23,24,25). The van der Waals surface area contributed by atoms with Crippen LogP contribution in [0.5, 0.6) is 0 Å². The van der Waals surface area contributed by atoms with Crippen LogP contribution >= 0.6 is 0 Å². The predicted molar refractivity (Wildman–Crippen MR) is 115 cm³/mol. The van der Waals surface area contributed by atoms with E-state index in [2.05, 4.69) is 41.4 Å². The first kappa shape index (κ1) is 20.3. The lowest BCUT2D eigenvalue weighted by atomic mass is 9.87. The van der Waals surface area contributed by atoms with Crippen LogP contribution in [0.15, 0.2) is 55.1 Å². The van der Waals surface area contributed by atoms with Crippen LogP contribution in [0.1, 0.15) is 32.8 Å². The van der Waals surface area contributed by atoms with Gasteiger partial charge in [-0.2, -0.15) is 0 Å². The van der Waals surface area contributed by atoms with E-state index < -0.39 is 4.92 Å². The average Bonchev–Trinajstić information content (AvgIpc) is 3.18. The zero-order valence-corrected chi connectivity index (χ0v) is 16.9. The molecular weight excluding hydrogens is 368 g/mol. The van der Waals surface area contributed by atoms with Gasteiger partial charge in [-0.25, -0.2) is 9.97 Å². The third kappa shape index (κ3) is 5.54. The maximum Gasteiger partial charge on any atom is 0.311 e. The van der Waals surface area contributed by atoms with E-state index in [1.807, 2.05) is 35.0 Å². The summed E-state index contributed by atoms with van der Waals surface area (Å²) in [5.41, 5.74) is 1.93. The highest BCUT2D eigenvalue weighted by molar-refractivity contribution is 5.67. The van der Waals surface area contributed by atoms with Crippen molar-refractivity contribution in [1.82, 2.24) is 14.5 Å². The molecule has 2 heterocycles. The highest BCUT2D eigenvalue weighted by Crippen LogP contribution is 2.29. The summed E-state index contributed by atoms with van der Waals surface area (Å²) >= 11 is 0. The van der Waals surface area contributed by atoms with Gasteiger partial charge in [-0.3, -0.25) is 10.1 Å². The summed E-state index contributed by atoms with van der Waals surface area (Å²) in [6.45, 7) is 7.96. The van der Waals surface area contributed by atoms with Crippen LogP contribution in [0.3, 0.4) is 0 Å². The number of benzene rings is 1. The Hall–Kier alpha value is -3.42. The second-order valence-corrected chi connectivity index (χ2v) is 7.85. The number of aromatic nitrogens is 3. The Bertz CT molecular complexity index is 946. The minimum atomic E-state index is -0.429. The number of nitrogens with one attached hydrogen (secondary N) is 2. The summed E-state index contributed by atoms with van der Waals surface area (Å²) in [5.74, 6) is 0.813. The molecule has 0 amide bonds. The molecule has 0 bridgehead atoms. The van der Waals surface area contributed by atoms with Gasteiger partial charge in [0, 0.05) is 37.2 Å². The van der Waals surface area contributed by atoms with Crippen molar-refractivity contribution in [3.05, 3.63) is 70.8 Å². The van der Waals surface area contributed by atoms with E-state index >= 15 is 0 Å². The predicted octanol–water partition coefficient (Wildman–Crippen LogP) is 4.73. The van der Waals surface area contributed by atoms with Gasteiger partial charge >= 0.3 is 5.69 Å². The monoisotopic (exact) mass is 394 g/mol. The summed E-state index contributed by atoms with van der Waals surface area (Å²) in [6.07, 6.45) is 6.32. The molecule has 152 valence electrons. The number of hydrogen-bond acceptors (Lipinski definition) is 6. The van der Waals surface area contributed by atoms with E-state index in [0.29, 0.717) is 12.4 Å². The van der Waals surface area contributed by atoms with Crippen molar-refractivity contribution in [2.24, 2.45) is 0 Å². The number of aryl methyl sites for hydroxylation is 1. The lowest BCUT2D eigenvalue weighted by molar-refractivity contribution is -0.384. The highest BCUT2D eigenvalue weighted by Gasteiger charge is 2.17. The third-order valence-corrected chi connectivity index (χ3v) is 4.54. The van der Waals surface area contributed by atoms with Gasteiger partial charge in [0.25, 0.3) is 0 Å². The van der Waals surface area contributed by atoms with Crippen LogP contribution in [-0.4, -0.2) is 26.0 Å². The lowest BCUT2D eigenvalue weighted by Crippen LogP contribution is -2.11. The van der Waals surface area contributed by atoms with Gasteiger partial charge in [-0.1, -0.05) is 32.9 Å². The van der Waals surface area contributed by atoms with Crippen molar-refractivity contribution in [2.45, 2.75) is 39.2 Å². The van der Waals surface area contributed by atoms with E-state index in [0.717, 1.165) is 18.7 Å². The van der Waals surface area contributed by atoms with E-state index in [1.54, 1.807) is 18.6 Å². The fraction of sp³-hybridized carbons (Fsp3) is 0.333. The maximum atomic E-state index is 11.4. The van der Waals surface area contributed by atoms with E-state index in [9.17, 15) is 10.1 Å². The Kier molecular flexibility index (Phi) is 6.11. The Morgan fingerprint density at radius 3 is 2.52 bits per heavy atom. The van der Waals surface area contributed by atoms with Gasteiger partial charge in [-0.15, -0.1) is 0 Å². The van der Waals surface area contributed by atoms with E-state index in [1.165, 1.54) is 11.6 Å². The number of hydrogen-bond donors (Lipinski definition) is 2. The Morgan fingerprint density at radius 2 is 1.90 bits per heavy atom. The topological polar surface area (TPSA) is 97.9 Å². The lowest BCUT2D eigenvalue weighted by Gasteiger charge is -2.19. The fourth-order valence-corrected chi connectivity index (χ4v) is 2.88. The van der Waals surface area contributed by atoms with Crippen LogP contribution in [0, 0.1) is 10.1 Å². The minimum absolute atomic E-state index is 0.0450. The number of imidazole rings is 1. The molecule has 2 aromatic heterocycles. The number of nitrogens with zero attached hydrogens (tertiary/aromatic N) is 4. The van der Waals surface area contributed by atoms with Gasteiger partial charge in [0.1, 0.15) is 5.82 Å². The molecule has 0 atom stereocenters. The Morgan fingerprint density at radius 1 is 1.14 bits per heavy atom. The first-order valence-electron chi connectivity index (χ1n) is 9.55. The first-order valence-corrected chi connectivity index (χ1v) is 9.55. The summed E-state index contributed by atoms with van der Waals surface area (Å²) in [5, 5.41) is 17.7. The Balaban J connectivity index is 1.68. The number of pyridine rings is 1. The smallest absolute Gasteiger partial charge is 0.311 e. The van der Waals surface area contributed by atoms with Crippen LogP contribution in [-0.2, 0) is 12.0 Å². The second-order valence-electron chi connectivity index (χ2n) is 7.85. The molecule has 0 fully saturated rings. The van der Waals surface area contributed by atoms with Gasteiger partial charge in [0.05, 0.1) is 11.3 Å². The van der Waals surface area contributed by atoms with Crippen molar-refractivity contribution in [3.8, 4) is 0 Å². The molecule has 29 heavy (non-hydrogen) atoms. The average molecular weight is 394 g/mol. The van der Waals surface area contributed by atoms with Gasteiger partial charge in [-0.05, 0) is 35.6 Å². The first-order chi connectivity index (χ1) is 13.8. The zero-order chi connectivity index (χ0) is 20.9. The van der Waals surface area contributed by atoms with Crippen LogP contribution in [0.4, 0.5) is 23.0 Å². The fourth-order valence-electron chi connectivity index (χ4n) is 2.88. The van der Waals surface area contributed by atoms with Crippen molar-refractivity contribution in [2.75, 3.05) is 17.2 Å². The van der Waals surface area contributed by atoms with Crippen molar-refractivity contribution >= 4 is 23.0 Å². The molecule has 1 aromatic carbocycles. The molecule has 8 nitrogen and oxygen atoms in total. The molecule has 2 N–H and O–H groups in total. The molecule has 3 aromatic rings. The van der Waals surface area contributed by atoms with Gasteiger partial charge in [0.15, 0.2) is 0 Å². The van der Waals surface area contributed by atoms with Crippen molar-refractivity contribution < 1.29 is 4.92 Å². The van der Waals surface area contributed by atoms with Crippen molar-refractivity contribution in [1.29, 1.82) is 0 Å². The molecule has 3 rings (SSSR count). The quantitative estimate of drug-likeness (QED) is 0.326. The number of rotatable bonds is 8. The SMILES string of the molecule is CC(C)(C)c1ccc(Nc2nc(NCCCn3ccnc3)ccc2[N+](=O)[O-])cc1. The summed E-state index contributed by atoms with van der Waals surface area (Å²) in [4.78, 5) is 19.4. The third-order valence-electron chi connectivity index (χ3n) is 4.54. The van der Waals surface area contributed by atoms with Crippen molar-refractivity contribution in [3.63, 3.8) is 0 Å². The minimum Gasteiger partial charge on any atom is -0.370 e. The second kappa shape index (κ2) is 8.72. The molecule has 0 aliphatic carbocycles. The summed E-state index contributed by atoms with van der Waals surface area (Å²) in [6, 6.07) is 11.0. The Labute approximate surface area is 170 Å². The van der Waals surface area contributed by atoms with Gasteiger partial charge in [0.2, 0.25) is 5.82 Å². The van der Waals surface area contributed by atoms with E-state index in [-0.39, 0.29) is 16.9 Å². The maximum absolute atomic E-state index is 11.4. The molecular formula is C21H26N6O2. The zero-order valence-electron chi connectivity index (χ0n) is 16.9. The number of nitro groups is 1. The largest absolute Gasteiger partial charge is 0.370 e. The molecule has 0 unspecified atom stereocenters. The summed E-state index contributed by atoms with van der Waals surface area (Å²) < 4.78 is 2.00. The van der Waals surface area contributed by atoms with Crippen LogP contribution < -0.4 is 10.6 Å². The molecule has 8 heteroatoms. The molecule has 0 saturated carbocycles. The van der Waals surface area contributed by atoms with E-state index in [4.69, 9.17) is 0 Å². The molecule has 0 aliphatic heterocycles. The molecule has 0 spiro atoms. The highest BCUT2D eigenvalue weighted by atomic mass is 16.6. The molecule has 0 radical (unpaired) electrons. The van der Waals surface area contributed by atoms with Crippen LogP contribution in [0.2, 0.25) is 0 Å². The van der Waals surface area contributed by atoms with Gasteiger partial charge < -0.3 is 15.2 Å². The molecule has 0 saturated heterocycles. The normalized spacial score (nSPS) is 11.3. The van der Waals surface area contributed by atoms with Crippen LogP contribution in [0.25, 0.3) is 0 Å².